The smallest absolute Gasteiger partial charge is 0.266 e. The third-order valence-corrected chi connectivity index (χ3v) is 4.71. The van der Waals surface area contributed by atoms with Gasteiger partial charge in [0, 0.05) is 18.1 Å². The number of thiazole rings is 1. The molecule has 0 aliphatic carbocycles. The van der Waals surface area contributed by atoms with E-state index in [9.17, 15) is 12.8 Å². The fourth-order valence-corrected chi connectivity index (χ4v) is 3.43. The Morgan fingerprint density at radius 1 is 1.40 bits per heavy atom. The first-order valence-corrected chi connectivity index (χ1v) is 8.30. The molecule has 8 heteroatoms. The predicted molar refractivity (Wildman–Crippen MR) is 76.7 cm³/mol. The highest BCUT2D eigenvalue weighted by molar-refractivity contribution is 7.93. The molecular weight excluding hydrogens is 301 g/mol. The Morgan fingerprint density at radius 2 is 2.20 bits per heavy atom. The van der Waals surface area contributed by atoms with Gasteiger partial charge in [0.05, 0.1) is 0 Å². The molecule has 0 radical (unpaired) electrons. The summed E-state index contributed by atoms with van der Waals surface area (Å²) in [6.07, 6.45) is 1.47. The molecule has 108 valence electrons. The summed E-state index contributed by atoms with van der Waals surface area (Å²) in [5.41, 5.74) is 0.692. The first-order chi connectivity index (χ1) is 9.53. The van der Waals surface area contributed by atoms with Gasteiger partial charge in [0.15, 0.2) is 5.13 Å². The minimum atomic E-state index is -3.95. The minimum Gasteiger partial charge on any atom is -0.313 e. The summed E-state index contributed by atoms with van der Waals surface area (Å²) in [6.45, 7) is 3.19. The van der Waals surface area contributed by atoms with Crippen molar-refractivity contribution in [2.75, 3.05) is 11.3 Å². The minimum absolute atomic E-state index is 0.209. The molecule has 0 fully saturated rings. The van der Waals surface area contributed by atoms with E-state index in [-0.39, 0.29) is 10.0 Å². The average Bonchev–Trinajstić information content (AvgIpc) is 2.88. The van der Waals surface area contributed by atoms with Gasteiger partial charge in [-0.2, -0.15) is 0 Å². The van der Waals surface area contributed by atoms with Gasteiger partial charge in [0.25, 0.3) is 10.0 Å². The van der Waals surface area contributed by atoms with Crippen molar-refractivity contribution in [2.45, 2.75) is 18.4 Å². The number of benzene rings is 1. The topological polar surface area (TPSA) is 71.1 Å². The highest BCUT2D eigenvalue weighted by atomic mass is 32.2. The van der Waals surface area contributed by atoms with Crippen molar-refractivity contribution in [3.8, 4) is 0 Å². The van der Waals surface area contributed by atoms with Gasteiger partial charge in [-0.05, 0) is 24.2 Å². The maximum absolute atomic E-state index is 13.9. The molecule has 0 saturated heterocycles. The van der Waals surface area contributed by atoms with Crippen molar-refractivity contribution in [2.24, 2.45) is 0 Å². The third kappa shape index (κ3) is 3.53. The van der Waals surface area contributed by atoms with Crippen LogP contribution < -0.4 is 10.0 Å². The molecule has 0 atom stereocenters. The van der Waals surface area contributed by atoms with E-state index in [0.29, 0.717) is 12.1 Å². The molecule has 0 spiro atoms. The Bertz CT molecular complexity index is 672. The van der Waals surface area contributed by atoms with Gasteiger partial charge in [-0.15, -0.1) is 11.3 Å². The second-order valence-electron chi connectivity index (χ2n) is 3.99. The van der Waals surface area contributed by atoms with Crippen LogP contribution in [0.25, 0.3) is 0 Å². The molecule has 2 aromatic rings. The molecule has 0 amide bonds. The van der Waals surface area contributed by atoms with E-state index in [1.54, 1.807) is 11.4 Å². The normalized spacial score (nSPS) is 11.5. The molecule has 2 N–H and O–H groups in total. The second kappa shape index (κ2) is 6.29. The number of sulfonamides is 1. The van der Waals surface area contributed by atoms with Crippen LogP contribution in [0.15, 0.2) is 34.7 Å². The molecule has 0 saturated carbocycles. The molecule has 0 aliphatic heterocycles. The maximum Gasteiger partial charge on any atom is 0.266 e. The maximum atomic E-state index is 13.9. The quantitative estimate of drug-likeness (QED) is 0.857. The highest BCUT2D eigenvalue weighted by Crippen LogP contribution is 2.21. The summed E-state index contributed by atoms with van der Waals surface area (Å²) >= 11 is 1.13. The number of halogens is 1. The number of nitrogens with zero attached hydrogens (tertiary/aromatic N) is 1. The van der Waals surface area contributed by atoms with Crippen molar-refractivity contribution in [1.82, 2.24) is 10.3 Å². The number of hydrogen-bond acceptors (Lipinski definition) is 5. The molecule has 0 aliphatic rings. The van der Waals surface area contributed by atoms with Crippen molar-refractivity contribution >= 4 is 26.5 Å². The molecule has 2 rings (SSSR count). The zero-order valence-electron chi connectivity index (χ0n) is 10.8. The van der Waals surface area contributed by atoms with Gasteiger partial charge in [-0.3, -0.25) is 4.72 Å². The van der Waals surface area contributed by atoms with Crippen LogP contribution >= 0.6 is 11.3 Å². The van der Waals surface area contributed by atoms with E-state index >= 15 is 0 Å². The van der Waals surface area contributed by atoms with Crippen molar-refractivity contribution in [1.29, 1.82) is 0 Å². The monoisotopic (exact) mass is 315 g/mol. The van der Waals surface area contributed by atoms with Gasteiger partial charge in [-0.25, -0.2) is 17.8 Å². The Morgan fingerprint density at radius 3 is 2.80 bits per heavy atom. The molecule has 1 aromatic carbocycles. The number of hydrogen-bond donors (Lipinski definition) is 2. The summed E-state index contributed by atoms with van der Waals surface area (Å²) in [7, 11) is -3.95. The van der Waals surface area contributed by atoms with Crippen molar-refractivity contribution < 1.29 is 12.8 Å². The van der Waals surface area contributed by atoms with Gasteiger partial charge < -0.3 is 5.32 Å². The van der Waals surface area contributed by atoms with E-state index in [1.807, 2.05) is 6.92 Å². The molecule has 1 aromatic heterocycles. The van der Waals surface area contributed by atoms with Crippen LogP contribution in [0.3, 0.4) is 0 Å². The molecule has 5 nitrogen and oxygen atoms in total. The Labute approximate surface area is 120 Å². The second-order valence-corrected chi connectivity index (χ2v) is 6.53. The first kappa shape index (κ1) is 14.9. The zero-order chi connectivity index (χ0) is 14.6. The number of aromatic nitrogens is 1. The van der Waals surface area contributed by atoms with Crippen LogP contribution in [0.4, 0.5) is 9.52 Å². The van der Waals surface area contributed by atoms with Crippen LogP contribution in [-0.4, -0.2) is 19.9 Å². The lowest BCUT2D eigenvalue weighted by Gasteiger charge is -2.08. The van der Waals surface area contributed by atoms with Crippen LogP contribution in [0.2, 0.25) is 0 Å². The summed E-state index contributed by atoms with van der Waals surface area (Å²) < 4.78 is 40.3. The number of anilines is 1. The largest absolute Gasteiger partial charge is 0.313 e. The van der Waals surface area contributed by atoms with Crippen LogP contribution in [0.1, 0.15) is 12.5 Å². The van der Waals surface area contributed by atoms with E-state index in [1.165, 1.54) is 18.3 Å². The van der Waals surface area contributed by atoms with Crippen molar-refractivity contribution in [3.63, 3.8) is 0 Å². The predicted octanol–water partition coefficient (Wildman–Crippen LogP) is 2.19. The van der Waals surface area contributed by atoms with E-state index in [2.05, 4.69) is 15.0 Å². The summed E-state index contributed by atoms with van der Waals surface area (Å²) in [6, 6.07) is 4.07. The van der Waals surface area contributed by atoms with Gasteiger partial charge in [0.2, 0.25) is 0 Å². The average molecular weight is 315 g/mol. The Balaban J connectivity index is 2.23. The molecule has 0 bridgehead atoms. The third-order valence-electron chi connectivity index (χ3n) is 2.52. The molecular formula is C12H14FN3O2S2. The molecule has 20 heavy (non-hydrogen) atoms. The van der Waals surface area contributed by atoms with E-state index in [0.717, 1.165) is 17.9 Å². The zero-order valence-corrected chi connectivity index (χ0v) is 12.4. The lowest BCUT2D eigenvalue weighted by molar-refractivity contribution is 0.567. The van der Waals surface area contributed by atoms with Gasteiger partial charge in [-0.1, -0.05) is 13.0 Å². The fourth-order valence-electron chi connectivity index (χ4n) is 1.59. The van der Waals surface area contributed by atoms with Crippen LogP contribution in [0, 0.1) is 5.82 Å². The number of nitrogens with one attached hydrogen (secondary N) is 2. The Kier molecular flexibility index (Phi) is 4.69. The summed E-state index contributed by atoms with van der Waals surface area (Å²) in [4.78, 5) is 3.43. The van der Waals surface area contributed by atoms with E-state index in [4.69, 9.17) is 0 Å². The lowest BCUT2D eigenvalue weighted by atomic mass is 10.2. The fraction of sp³-hybridized carbons (Fsp3) is 0.250. The molecule has 1 heterocycles. The van der Waals surface area contributed by atoms with Crippen LogP contribution in [0.5, 0.6) is 0 Å². The lowest BCUT2D eigenvalue weighted by Crippen LogP contribution is -2.16. The van der Waals surface area contributed by atoms with Crippen LogP contribution in [-0.2, 0) is 16.6 Å². The highest BCUT2D eigenvalue weighted by Gasteiger charge is 2.20. The van der Waals surface area contributed by atoms with Gasteiger partial charge in [0.1, 0.15) is 10.7 Å². The SMILES string of the molecule is CCNCc1ccc(S(=O)(=O)Nc2nccs2)c(F)c1. The summed E-state index contributed by atoms with van der Waals surface area (Å²) in [5, 5.41) is 4.89. The van der Waals surface area contributed by atoms with E-state index < -0.39 is 15.8 Å². The standard InChI is InChI=1S/C12H14FN3O2S2/c1-2-14-8-9-3-4-11(10(13)7-9)20(17,18)16-12-15-5-6-19-12/h3-7,14H,2,8H2,1H3,(H,15,16). The first-order valence-electron chi connectivity index (χ1n) is 5.94. The Hall–Kier alpha value is -1.51. The van der Waals surface area contributed by atoms with Crippen molar-refractivity contribution in [3.05, 3.63) is 41.2 Å². The molecule has 0 unspecified atom stereocenters. The summed E-state index contributed by atoms with van der Waals surface area (Å²) in [5.74, 6) is -0.774. The number of rotatable bonds is 6. The van der Waals surface area contributed by atoms with Gasteiger partial charge >= 0.3 is 0 Å².